The van der Waals surface area contributed by atoms with E-state index in [9.17, 15) is 0 Å². The predicted octanol–water partition coefficient (Wildman–Crippen LogP) is 3.41. The second-order valence-corrected chi connectivity index (χ2v) is 4.67. The van der Waals surface area contributed by atoms with Gasteiger partial charge in [0.1, 0.15) is 5.65 Å². The van der Waals surface area contributed by atoms with Crippen LogP contribution in [0, 0.1) is 6.92 Å². The molecule has 1 aromatic carbocycles. The molecule has 0 bridgehead atoms. The zero-order valence-corrected chi connectivity index (χ0v) is 10.4. The summed E-state index contributed by atoms with van der Waals surface area (Å²) < 4.78 is 0. The van der Waals surface area contributed by atoms with Crippen LogP contribution < -0.4 is 0 Å². The van der Waals surface area contributed by atoms with Gasteiger partial charge in [-0.1, -0.05) is 24.3 Å². The topological polar surface area (TPSA) is 57.4 Å². The van der Waals surface area contributed by atoms with Gasteiger partial charge in [0.2, 0.25) is 0 Å². The summed E-state index contributed by atoms with van der Waals surface area (Å²) in [6.07, 6.45) is 3.75. The number of hydrogen-bond donors (Lipinski definition) is 2. The summed E-state index contributed by atoms with van der Waals surface area (Å²) in [7, 11) is 0. The Bertz CT molecular complexity index is 885. The van der Waals surface area contributed by atoms with Crippen LogP contribution in [0.15, 0.2) is 42.7 Å². The molecular weight excluding hydrogens is 236 g/mol. The molecule has 0 aliphatic carbocycles. The molecule has 0 aliphatic heterocycles. The number of nitrogens with one attached hydrogen (secondary N) is 2. The Morgan fingerprint density at radius 2 is 1.95 bits per heavy atom. The van der Waals surface area contributed by atoms with E-state index in [0.717, 1.165) is 33.2 Å². The highest BCUT2D eigenvalue weighted by Crippen LogP contribution is 2.31. The SMILES string of the molecule is Cc1ccccc1-c1nc2[nH]ccc2c2[nH]ncc12. The Morgan fingerprint density at radius 1 is 1.05 bits per heavy atom. The summed E-state index contributed by atoms with van der Waals surface area (Å²) in [5.74, 6) is 0. The Hall–Kier alpha value is -2.62. The molecule has 19 heavy (non-hydrogen) atoms. The van der Waals surface area contributed by atoms with E-state index in [1.165, 1.54) is 5.56 Å². The highest BCUT2D eigenvalue weighted by Gasteiger charge is 2.13. The summed E-state index contributed by atoms with van der Waals surface area (Å²) in [6, 6.07) is 10.3. The lowest BCUT2D eigenvalue weighted by Gasteiger charge is -2.06. The van der Waals surface area contributed by atoms with Crippen molar-refractivity contribution in [3.05, 3.63) is 48.3 Å². The maximum atomic E-state index is 4.75. The van der Waals surface area contributed by atoms with Crippen molar-refractivity contribution in [1.82, 2.24) is 20.2 Å². The van der Waals surface area contributed by atoms with E-state index >= 15 is 0 Å². The first-order valence-corrected chi connectivity index (χ1v) is 6.21. The highest BCUT2D eigenvalue weighted by atomic mass is 15.1. The van der Waals surface area contributed by atoms with Crippen molar-refractivity contribution < 1.29 is 0 Å². The van der Waals surface area contributed by atoms with Crippen molar-refractivity contribution in [2.24, 2.45) is 0 Å². The maximum Gasteiger partial charge on any atom is 0.140 e. The molecule has 4 aromatic rings. The van der Waals surface area contributed by atoms with Crippen LogP contribution in [-0.4, -0.2) is 20.2 Å². The third kappa shape index (κ3) is 1.40. The fourth-order valence-corrected chi connectivity index (χ4v) is 2.54. The molecule has 0 radical (unpaired) electrons. The lowest BCUT2D eigenvalue weighted by molar-refractivity contribution is 1.12. The zero-order valence-electron chi connectivity index (χ0n) is 10.4. The zero-order chi connectivity index (χ0) is 12.8. The molecule has 0 atom stereocenters. The number of hydrogen-bond acceptors (Lipinski definition) is 2. The molecule has 3 aromatic heterocycles. The van der Waals surface area contributed by atoms with E-state index in [-0.39, 0.29) is 0 Å². The van der Waals surface area contributed by atoms with Gasteiger partial charge in [0, 0.05) is 22.5 Å². The minimum Gasteiger partial charge on any atom is -0.346 e. The summed E-state index contributed by atoms with van der Waals surface area (Å²) >= 11 is 0. The predicted molar refractivity (Wildman–Crippen MR) is 75.9 cm³/mol. The van der Waals surface area contributed by atoms with Crippen molar-refractivity contribution in [3.8, 4) is 11.3 Å². The van der Waals surface area contributed by atoms with Crippen LogP contribution in [0.4, 0.5) is 0 Å². The number of nitrogens with zero attached hydrogens (tertiary/aromatic N) is 2. The van der Waals surface area contributed by atoms with Crippen LogP contribution in [0.1, 0.15) is 5.56 Å². The normalized spacial score (nSPS) is 11.4. The number of H-pyrrole nitrogens is 2. The molecule has 0 saturated heterocycles. The van der Waals surface area contributed by atoms with E-state index in [1.807, 2.05) is 30.6 Å². The number of benzene rings is 1. The third-order valence-electron chi connectivity index (χ3n) is 3.51. The van der Waals surface area contributed by atoms with E-state index in [4.69, 9.17) is 4.98 Å². The van der Waals surface area contributed by atoms with Crippen LogP contribution in [0.5, 0.6) is 0 Å². The standard InChI is InChI=1S/C15H12N4/c1-9-4-2-3-5-10(9)13-12-8-17-19-14(12)11-6-7-16-15(11)18-13/h2-8H,1H3,(H,16,18)(H,17,19). The smallest absolute Gasteiger partial charge is 0.140 e. The van der Waals surface area contributed by atoms with Crippen LogP contribution in [0.25, 0.3) is 33.2 Å². The molecule has 0 saturated carbocycles. The number of rotatable bonds is 1. The van der Waals surface area contributed by atoms with Gasteiger partial charge in [0.05, 0.1) is 17.4 Å². The Labute approximate surface area is 109 Å². The van der Waals surface area contributed by atoms with Gasteiger partial charge in [0.15, 0.2) is 0 Å². The number of pyridine rings is 1. The summed E-state index contributed by atoms with van der Waals surface area (Å²) in [5, 5.41) is 9.37. The number of aromatic nitrogens is 4. The second kappa shape index (κ2) is 3.68. The Kier molecular flexibility index (Phi) is 2.00. The van der Waals surface area contributed by atoms with Crippen molar-refractivity contribution in [2.45, 2.75) is 6.92 Å². The molecule has 0 spiro atoms. The fourth-order valence-electron chi connectivity index (χ4n) is 2.54. The summed E-state index contributed by atoms with van der Waals surface area (Å²) in [4.78, 5) is 7.92. The molecular formula is C15H12N4. The van der Waals surface area contributed by atoms with E-state index in [2.05, 4.69) is 34.2 Å². The lowest BCUT2D eigenvalue weighted by atomic mass is 10.0. The number of aromatic amines is 2. The molecule has 4 heteroatoms. The largest absolute Gasteiger partial charge is 0.346 e. The van der Waals surface area contributed by atoms with E-state index in [1.54, 1.807) is 0 Å². The molecule has 3 heterocycles. The lowest BCUT2D eigenvalue weighted by Crippen LogP contribution is -1.89. The summed E-state index contributed by atoms with van der Waals surface area (Å²) in [5.41, 5.74) is 5.24. The van der Waals surface area contributed by atoms with Gasteiger partial charge in [-0.2, -0.15) is 5.10 Å². The Morgan fingerprint density at radius 3 is 2.84 bits per heavy atom. The van der Waals surface area contributed by atoms with Gasteiger partial charge in [0.25, 0.3) is 0 Å². The fraction of sp³-hybridized carbons (Fsp3) is 0.0667. The highest BCUT2D eigenvalue weighted by molar-refractivity contribution is 6.08. The van der Waals surface area contributed by atoms with Crippen molar-refractivity contribution >= 4 is 21.9 Å². The quantitative estimate of drug-likeness (QED) is 0.542. The van der Waals surface area contributed by atoms with Crippen molar-refractivity contribution in [3.63, 3.8) is 0 Å². The maximum absolute atomic E-state index is 4.75. The van der Waals surface area contributed by atoms with E-state index < -0.39 is 0 Å². The minimum atomic E-state index is 0.884. The van der Waals surface area contributed by atoms with Gasteiger partial charge >= 0.3 is 0 Å². The first-order valence-electron chi connectivity index (χ1n) is 6.21. The number of fused-ring (bicyclic) bond motifs is 3. The van der Waals surface area contributed by atoms with Gasteiger partial charge < -0.3 is 4.98 Å². The molecule has 0 amide bonds. The average molecular weight is 248 g/mol. The van der Waals surface area contributed by atoms with Crippen LogP contribution >= 0.6 is 0 Å². The monoisotopic (exact) mass is 248 g/mol. The van der Waals surface area contributed by atoms with Gasteiger partial charge in [-0.25, -0.2) is 4.98 Å². The Balaban J connectivity index is 2.18. The number of aryl methyl sites for hydroxylation is 1. The molecule has 4 nitrogen and oxygen atoms in total. The first-order chi connectivity index (χ1) is 9.34. The second-order valence-electron chi connectivity index (χ2n) is 4.67. The van der Waals surface area contributed by atoms with Crippen molar-refractivity contribution in [2.75, 3.05) is 0 Å². The molecule has 0 unspecified atom stereocenters. The van der Waals surface area contributed by atoms with Gasteiger partial charge in [-0.05, 0) is 18.6 Å². The molecule has 4 rings (SSSR count). The molecule has 0 fully saturated rings. The van der Waals surface area contributed by atoms with Crippen LogP contribution in [0.3, 0.4) is 0 Å². The van der Waals surface area contributed by atoms with Gasteiger partial charge in [-0.15, -0.1) is 0 Å². The first kappa shape index (κ1) is 10.3. The molecule has 2 N–H and O–H groups in total. The average Bonchev–Trinajstić information content (AvgIpc) is 3.06. The third-order valence-corrected chi connectivity index (χ3v) is 3.51. The minimum absolute atomic E-state index is 0.884. The molecule has 92 valence electrons. The van der Waals surface area contributed by atoms with Crippen LogP contribution in [-0.2, 0) is 0 Å². The van der Waals surface area contributed by atoms with Crippen molar-refractivity contribution in [1.29, 1.82) is 0 Å². The van der Waals surface area contributed by atoms with Gasteiger partial charge in [-0.3, -0.25) is 5.10 Å². The molecule has 0 aliphatic rings. The summed E-state index contributed by atoms with van der Waals surface area (Å²) in [6.45, 7) is 2.10. The van der Waals surface area contributed by atoms with Crippen LogP contribution in [0.2, 0.25) is 0 Å². The van der Waals surface area contributed by atoms with E-state index in [0.29, 0.717) is 0 Å².